The summed E-state index contributed by atoms with van der Waals surface area (Å²) >= 11 is 0. The van der Waals surface area contributed by atoms with Crippen LogP contribution in [0.5, 0.6) is 0 Å². The number of aliphatic hydroxyl groups is 2. The monoisotopic (exact) mass is 839 g/mol. The first-order valence-electron chi connectivity index (χ1n) is 22.7. The van der Waals surface area contributed by atoms with Crippen LogP contribution in [0.2, 0.25) is 0 Å². The third-order valence-corrected chi connectivity index (χ3v) is 10.4. The number of phosphoric acid groups is 1. The molecular formula is C47H83O10P. The van der Waals surface area contributed by atoms with Gasteiger partial charge in [0.25, 0.3) is 0 Å². The van der Waals surface area contributed by atoms with Crippen molar-refractivity contribution in [3.63, 3.8) is 0 Å². The van der Waals surface area contributed by atoms with Crippen molar-refractivity contribution in [1.29, 1.82) is 0 Å². The van der Waals surface area contributed by atoms with Crippen LogP contribution in [0.3, 0.4) is 0 Å². The topological polar surface area (TPSA) is 149 Å². The molecule has 0 heterocycles. The molecule has 0 radical (unpaired) electrons. The Labute approximate surface area is 353 Å². The zero-order valence-corrected chi connectivity index (χ0v) is 37.4. The Balaban J connectivity index is 4.34. The van der Waals surface area contributed by atoms with Crippen molar-refractivity contribution in [2.24, 2.45) is 0 Å². The molecule has 58 heavy (non-hydrogen) atoms. The summed E-state index contributed by atoms with van der Waals surface area (Å²) in [5.41, 5.74) is 0. The summed E-state index contributed by atoms with van der Waals surface area (Å²) < 4.78 is 32.7. The van der Waals surface area contributed by atoms with Crippen molar-refractivity contribution in [2.75, 3.05) is 26.4 Å². The fraction of sp³-hybridized carbons (Fsp3) is 0.745. The van der Waals surface area contributed by atoms with Crippen LogP contribution in [0.25, 0.3) is 0 Å². The quantitative estimate of drug-likeness (QED) is 0.0235. The lowest BCUT2D eigenvalue weighted by Crippen LogP contribution is -2.29. The van der Waals surface area contributed by atoms with Crippen molar-refractivity contribution >= 4 is 19.8 Å². The number of aliphatic hydroxyl groups excluding tert-OH is 2. The molecule has 0 aliphatic heterocycles. The number of rotatable bonds is 42. The van der Waals surface area contributed by atoms with Gasteiger partial charge in [-0.3, -0.25) is 18.6 Å². The highest BCUT2D eigenvalue weighted by atomic mass is 31.2. The number of hydrogen-bond acceptors (Lipinski definition) is 9. The van der Waals surface area contributed by atoms with E-state index < -0.39 is 51.8 Å². The maximum Gasteiger partial charge on any atom is 0.472 e. The molecule has 10 nitrogen and oxygen atoms in total. The molecule has 1 unspecified atom stereocenters. The molecule has 0 aromatic carbocycles. The highest BCUT2D eigenvalue weighted by Gasteiger charge is 2.27. The van der Waals surface area contributed by atoms with Crippen molar-refractivity contribution in [3.8, 4) is 0 Å². The molecule has 0 spiro atoms. The molecule has 0 bridgehead atoms. The van der Waals surface area contributed by atoms with Crippen LogP contribution in [0.4, 0.5) is 0 Å². The highest BCUT2D eigenvalue weighted by Crippen LogP contribution is 2.43. The lowest BCUT2D eigenvalue weighted by atomic mass is 10.0. The fourth-order valence-corrected chi connectivity index (χ4v) is 6.76. The number of unbranched alkanes of at least 4 members (excludes halogenated alkanes) is 18. The molecule has 0 saturated heterocycles. The average Bonchev–Trinajstić information content (AvgIpc) is 3.21. The third-order valence-electron chi connectivity index (χ3n) is 9.44. The van der Waals surface area contributed by atoms with Gasteiger partial charge < -0.3 is 24.6 Å². The Morgan fingerprint density at radius 3 is 1.41 bits per heavy atom. The first-order valence-corrected chi connectivity index (χ1v) is 24.2. The van der Waals surface area contributed by atoms with Crippen molar-refractivity contribution in [3.05, 3.63) is 60.8 Å². The zero-order valence-electron chi connectivity index (χ0n) is 36.5. The van der Waals surface area contributed by atoms with Crippen LogP contribution >= 0.6 is 7.82 Å². The minimum atomic E-state index is -4.63. The van der Waals surface area contributed by atoms with E-state index in [1.54, 1.807) is 0 Å². The van der Waals surface area contributed by atoms with Crippen molar-refractivity contribution in [2.45, 2.75) is 199 Å². The van der Waals surface area contributed by atoms with Crippen LogP contribution in [0.1, 0.15) is 187 Å². The van der Waals surface area contributed by atoms with Crippen LogP contribution in [0, 0.1) is 0 Å². The summed E-state index contributed by atoms with van der Waals surface area (Å²) in [5, 5.41) is 18.3. The van der Waals surface area contributed by atoms with Gasteiger partial charge in [0.05, 0.1) is 19.8 Å². The van der Waals surface area contributed by atoms with E-state index in [0.29, 0.717) is 19.3 Å². The third kappa shape index (κ3) is 41.8. The summed E-state index contributed by atoms with van der Waals surface area (Å²) in [6, 6.07) is 0. The van der Waals surface area contributed by atoms with Crippen LogP contribution in [-0.2, 0) is 32.7 Å². The number of phosphoric ester groups is 1. The Morgan fingerprint density at radius 2 is 0.948 bits per heavy atom. The molecule has 0 aromatic heterocycles. The average molecular weight is 839 g/mol. The smallest absolute Gasteiger partial charge is 0.462 e. The molecule has 0 fully saturated rings. The van der Waals surface area contributed by atoms with E-state index in [2.05, 4.69) is 73.1 Å². The predicted octanol–water partition coefficient (Wildman–Crippen LogP) is 12.3. The van der Waals surface area contributed by atoms with Gasteiger partial charge in [0.1, 0.15) is 12.7 Å². The Hall–Kier alpha value is -2.33. The van der Waals surface area contributed by atoms with E-state index in [9.17, 15) is 24.2 Å². The molecule has 11 heteroatoms. The Bertz CT molecular complexity index is 1150. The minimum Gasteiger partial charge on any atom is -0.462 e. The largest absolute Gasteiger partial charge is 0.472 e. The van der Waals surface area contributed by atoms with Crippen LogP contribution in [-0.4, -0.2) is 65.7 Å². The van der Waals surface area contributed by atoms with E-state index in [4.69, 9.17) is 19.1 Å². The second kappa shape index (κ2) is 42.8. The maximum absolute atomic E-state index is 12.6. The number of carbonyl (C=O) groups is 2. The summed E-state index contributed by atoms with van der Waals surface area (Å²) in [6.07, 6.45) is 47.6. The van der Waals surface area contributed by atoms with Gasteiger partial charge in [0, 0.05) is 12.8 Å². The molecule has 0 aliphatic carbocycles. The molecule has 0 rings (SSSR count). The summed E-state index contributed by atoms with van der Waals surface area (Å²) in [6.45, 7) is 2.22. The molecule has 0 amide bonds. The fourth-order valence-electron chi connectivity index (χ4n) is 5.97. The van der Waals surface area contributed by atoms with Crippen molar-refractivity contribution < 1.29 is 47.8 Å². The van der Waals surface area contributed by atoms with Gasteiger partial charge in [-0.2, -0.15) is 0 Å². The number of ether oxygens (including phenoxy) is 2. The molecule has 0 aliphatic rings. The number of allylic oxidation sites excluding steroid dienone is 10. The van der Waals surface area contributed by atoms with Crippen LogP contribution in [0.15, 0.2) is 60.8 Å². The van der Waals surface area contributed by atoms with E-state index in [1.807, 2.05) is 6.08 Å². The van der Waals surface area contributed by atoms with Crippen LogP contribution < -0.4 is 0 Å². The second-order valence-electron chi connectivity index (χ2n) is 15.1. The lowest BCUT2D eigenvalue weighted by molar-refractivity contribution is -0.161. The summed E-state index contributed by atoms with van der Waals surface area (Å²) in [4.78, 5) is 35.0. The molecule has 3 atom stereocenters. The highest BCUT2D eigenvalue weighted by molar-refractivity contribution is 7.47. The standard InChI is InChI=1S/C47H83O10P/c1-3-5-7-9-11-13-15-17-19-21-23-25-27-29-31-33-35-37-39-47(51)57-45(43-56-58(52,53)55-41-44(49)40-48)42-54-46(50)38-36-34-32-30-28-26-24-22-20-18-16-14-12-10-8-6-4-2/h6,8,12,14,18,20,24,26,30,32,44-45,48-49H,3-5,7,9-11,13,15-17,19,21-23,25,27-29,31,33-43H2,1-2H3,(H,52,53)/b8-6+,14-12+,20-18+,26-24+,32-30+/t44-,45+/m0/s1. The van der Waals surface area contributed by atoms with Gasteiger partial charge in [0.2, 0.25) is 0 Å². The number of hydrogen-bond donors (Lipinski definition) is 3. The first kappa shape index (κ1) is 55.7. The van der Waals surface area contributed by atoms with Gasteiger partial charge in [-0.1, -0.05) is 184 Å². The Morgan fingerprint density at radius 1 is 0.534 bits per heavy atom. The van der Waals surface area contributed by atoms with E-state index in [1.165, 1.54) is 89.9 Å². The van der Waals surface area contributed by atoms with E-state index >= 15 is 0 Å². The number of carbonyl (C=O) groups excluding carboxylic acids is 2. The van der Waals surface area contributed by atoms with Gasteiger partial charge in [0.15, 0.2) is 6.10 Å². The zero-order chi connectivity index (χ0) is 42.6. The van der Waals surface area contributed by atoms with E-state index in [-0.39, 0.29) is 19.4 Å². The molecule has 336 valence electrons. The Kier molecular flexibility index (Phi) is 41.1. The van der Waals surface area contributed by atoms with Gasteiger partial charge in [-0.15, -0.1) is 0 Å². The molecule has 3 N–H and O–H groups in total. The minimum absolute atomic E-state index is 0.162. The maximum atomic E-state index is 12.6. The van der Waals surface area contributed by atoms with Crippen molar-refractivity contribution in [1.82, 2.24) is 0 Å². The lowest BCUT2D eigenvalue weighted by Gasteiger charge is -2.20. The SMILES string of the molecule is CC/C=C/C/C=C/C/C=C/C/C=C/C/C=C/CCCC(=O)OC[C@H](COP(=O)(O)OC[C@@H](O)CO)OC(=O)CCCCCCCCCCCCCCCCCCCC. The van der Waals surface area contributed by atoms with E-state index in [0.717, 1.165) is 51.4 Å². The predicted molar refractivity (Wildman–Crippen MR) is 237 cm³/mol. The summed E-state index contributed by atoms with van der Waals surface area (Å²) in [5.74, 6) is -0.990. The summed E-state index contributed by atoms with van der Waals surface area (Å²) in [7, 11) is -4.63. The van der Waals surface area contributed by atoms with Gasteiger partial charge in [-0.05, 0) is 51.4 Å². The van der Waals surface area contributed by atoms with Gasteiger partial charge in [-0.25, -0.2) is 4.57 Å². The molecule has 0 aromatic rings. The van der Waals surface area contributed by atoms with Gasteiger partial charge >= 0.3 is 19.8 Å². The molecular weight excluding hydrogens is 755 g/mol. The molecule has 0 saturated carbocycles. The first-order chi connectivity index (χ1) is 28.2. The normalized spacial score (nSPS) is 14.4. The number of esters is 2. The second-order valence-corrected chi connectivity index (χ2v) is 16.5.